The molecule has 1 saturated heterocycles. The number of halogens is 1. The van der Waals surface area contributed by atoms with E-state index in [2.05, 4.69) is 0 Å². The van der Waals surface area contributed by atoms with Gasteiger partial charge in [-0.15, -0.1) is 0 Å². The molecule has 0 spiro atoms. The molecule has 2 aliphatic rings. The number of amides is 4. The van der Waals surface area contributed by atoms with Gasteiger partial charge in [-0.3, -0.25) is 14.9 Å². The molecule has 10 heteroatoms. The SMILES string of the molecule is O=C1NC(=O)N(c2ccccc2F)C(=O)/C1=C\c1ccccc1OC(=O)c1ccc2c(c1)OCO2. The molecule has 1 N–H and O–H groups in total. The lowest BCUT2D eigenvalue weighted by molar-refractivity contribution is -0.122. The maximum absolute atomic E-state index is 14.3. The number of carbonyl (C=O) groups excluding carboxylic acids is 4. The quantitative estimate of drug-likeness (QED) is 0.267. The summed E-state index contributed by atoms with van der Waals surface area (Å²) < 4.78 is 30.3. The summed E-state index contributed by atoms with van der Waals surface area (Å²) in [5, 5.41) is 2.02. The van der Waals surface area contributed by atoms with Crippen molar-refractivity contribution in [1.29, 1.82) is 0 Å². The van der Waals surface area contributed by atoms with Crippen LogP contribution >= 0.6 is 0 Å². The second kappa shape index (κ2) is 8.75. The number of rotatable bonds is 4. The first-order valence-corrected chi connectivity index (χ1v) is 10.3. The Morgan fingerprint density at radius 2 is 1.71 bits per heavy atom. The summed E-state index contributed by atoms with van der Waals surface area (Å²) in [7, 11) is 0. The fourth-order valence-electron chi connectivity index (χ4n) is 3.54. The number of nitrogens with zero attached hydrogens (tertiary/aromatic N) is 1. The van der Waals surface area contributed by atoms with Crippen molar-refractivity contribution in [3.63, 3.8) is 0 Å². The van der Waals surface area contributed by atoms with E-state index >= 15 is 0 Å². The van der Waals surface area contributed by atoms with Gasteiger partial charge in [0.2, 0.25) is 6.79 Å². The summed E-state index contributed by atoms with van der Waals surface area (Å²) >= 11 is 0. The Kier molecular flexibility index (Phi) is 5.46. The highest BCUT2D eigenvalue weighted by atomic mass is 19.1. The molecule has 0 radical (unpaired) electrons. The number of urea groups is 1. The number of para-hydroxylation sites is 2. The number of esters is 1. The van der Waals surface area contributed by atoms with Crippen molar-refractivity contribution < 1.29 is 37.8 Å². The predicted molar refractivity (Wildman–Crippen MR) is 119 cm³/mol. The maximum atomic E-state index is 14.3. The number of carbonyl (C=O) groups is 4. The molecule has 174 valence electrons. The van der Waals surface area contributed by atoms with Gasteiger partial charge in [-0.1, -0.05) is 30.3 Å². The van der Waals surface area contributed by atoms with Crippen LogP contribution in [0.1, 0.15) is 15.9 Å². The van der Waals surface area contributed by atoms with E-state index in [1.807, 2.05) is 5.32 Å². The van der Waals surface area contributed by atoms with Crippen molar-refractivity contribution in [2.45, 2.75) is 0 Å². The highest BCUT2D eigenvalue weighted by molar-refractivity contribution is 6.39. The average molecular weight is 474 g/mol. The summed E-state index contributed by atoms with van der Waals surface area (Å²) in [6, 6.07) is 14.8. The molecular weight excluding hydrogens is 459 g/mol. The van der Waals surface area contributed by atoms with Crippen LogP contribution in [-0.2, 0) is 9.59 Å². The first-order chi connectivity index (χ1) is 16.9. The fourth-order valence-corrected chi connectivity index (χ4v) is 3.54. The van der Waals surface area contributed by atoms with Crippen LogP contribution in [-0.4, -0.2) is 30.6 Å². The number of hydrogen-bond acceptors (Lipinski definition) is 7. The van der Waals surface area contributed by atoms with Crippen LogP contribution in [0.3, 0.4) is 0 Å². The number of anilines is 1. The van der Waals surface area contributed by atoms with Crippen molar-refractivity contribution in [3.8, 4) is 17.2 Å². The van der Waals surface area contributed by atoms with Crippen LogP contribution < -0.4 is 24.4 Å². The minimum atomic E-state index is -1.08. The average Bonchev–Trinajstić information content (AvgIpc) is 3.32. The minimum Gasteiger partial charge on any atom is -0.454 e. The zero-order valence-corrected chi connectivity index (χ0v) is 17.8. The zero-order chi connectivity index (χ0) is 24.5. The lowest BCUT2D eigenvalue weighted by Crippen LogP contribution is -2.54. The monoisotopic (exact) mass is 474 g/mol. The van der Waals surface area contributed by atoms with Crippen LogP contribution in [0.15, 0.2) is 72.3 Å². The number of hydrogen-bond donors (Lipinski definition) is 1. The molecule has 4 amide bonds. The lowest BCUT2D eigenvalue weighted by atomic mass is 10.1. The van der Waals surface area contributed by atoms with E-state index in [4.69, 9.17) is 14.2 Å². The van der Waals surface area contributed by atoms with Crippen LogP contribution in [0.4, 0.5) is 14.9 Å². The highest BCUT2D eigenvalue weighted by Gasteiger charge is 2.38. The van der Waals surface area contributed by atoms with E-state index in [9.17, 15) is 23.6 Å². The third-order valence-corrected chi connectivity index (χ3v) is 5.22. The molecule has 0 bridgehead atoms. The number of ether oxygens (including phenoxy) is 3. The Balaban J connectivity index is 1.46. The van der Waals surface area contributed by atoms with Gasteiger partial charge in [0.15, 0.2) is 11.5 Å². The molecule has 0 saturated carbocycles. The van der Waals surface area contributed by atoms with E-state index in [0.29, 0.717) is 16.4 Å². The lowest BCUT2D eigenvalue weighted by Gasteiger charge is -2.26. The van der Waals surface area contributed by atoms with Crippen molar-refractivity contribution >= 4 is 35.6 Å². The highest BCUT2D eigenvalue weighted by Crippen LogP contribution is 2.33. The normalized spacial score (nSPS) is 15.9. The molecule has 0 unspecified atom stereocenters. The summed E-state index contributed by atoms with van der Waals surface area (Å²) in [6.45, 7) is 0.0483. The first kappa shape index (κ1) is 21.8. The van der Waals surface area contributed by atoms with E-state index in [1.54, 1.807) is 18.2 Å². The van der Waals surface area contributed by atoms with Crippen molar-refractivity contribution in [3.05, 3.63) is 89.2 Å². The molecule has 2 aliphatic heterocycles. The third kappa shape index (κ3) is 4.08. The second-order valence-electron chi connectivity index (χ2n) is 7.40. The Hall–Kier alpha value is -4.99. The van der Waals surface area contributed by atoms with Gasteiger partial charge >= 0.3 is 12.0 Å². The Labute approximate surface area is 197 Å². The number of imide groups is 2. The third-order valence-electron chi connectivity index (χ3n) is 5.22. The van der Waals surface area contributed by atoms with Gasteiger partial charge in [0, 0.05) is 5.56 Å². The van der Waals surface area contributed by atoms with Gasteiger partial charge in [0.25, 0.3) is 11.8 Å². The van der Waals surface area contributed by atoms with Crippen LogP contribution in [0.2, 0.25) is 0 Å². The number of nitrogens with one attached hydrogen (secondary N) is 1. The molecule has 1 fully saturated rings. The first-order valence-electron chi connectivity index (χ1n) is 10.3. The number of benzene rings is 3. The van der Waals surface area contributed by atoms with Crippen molar-refractivity contribution in [2.75, 3.05) is 11.7 Å². The van der Waals surface area contributed by atoms with Crippen LogP contribution in [0.25, 0.3) is 6.08 Å². The predicted octanol–water partition coefficient (Wildman–Crippen LogP) is 3.44. The maximum Gasteiger partial charge on any atom is 0.343 e. The molecule has 35 heavy (non-hydrogen) atoms. The standard InChI is InChI=1S/C25H15FN2O7/c26-17-6-2-3-7-18(17)28-23(30)16(22(29)27-25(28)32)11-14-5-1-4-8-19(14)35-24(31)15-9-10-20-21(12-15)34-13-33-20/h1-12H,13H2,(H,27,29,32)/b16-11-. The Morgan fingerprint density at radius 3 is 2.54 bits per heavy atom. The van der Waals surface area contributed by atoms with Gasteiger partial charge in [-0.05, 0) is 42.5 Å². The minimum absolute atomic E-state index is 0.0483. The van der Waals surface area contributed by atoms with Crippen molar-refractivity contribution in [2.24, 2.45) is 0 Å². The zero-order valence-electron chi connectivity index (χ0n) is 17.8. The molecular formula is C25H15FN2O7. The molecule has 0 aliphatic carbocycles. The van der Waals surface area contributed by atoms with E-state index in [0.717, 1.165) is 6.07 Å². The summed E-state index contributed by atoms with van der Waals surface area (Å²) in [5.74, 6) is -2.57. The van der Waals surface area contributed by atoms with Crippen LogP contribution in [0, 0.1) is 5.82 Å². The second-order valence-corrected chi connectivity index (χ2v) is 7.40. The molecule has 2 heterocycles. The summed E-state index contributed by atoms with van der Waals surface area (Å²) in [6.07, 6.45) is 1.17. The molecule has 3 aromatic rings. The summed E-state index contributed by atoms with van der Waals surface area (Å²) in [4.78, 5) is 51.1. The van der Waals surface area contributed by atoms with Gasteiger partial charge in [-0.25, -0.2) is 18.9 Å². The molecule has 0 atom stereocenters. The fraction of sp³-hybridized carbons (Fsp3) is 0.0400. The summed E-state index contributed by atoms with van der Waals surface area (Å²) in [5.41, 5.74) is -0.349. The molecule has 3 aromatic carbocycles. The number of barbiturate groups is 1. The smallest absolute Gasteiger partial charge is 0.343 e. The number of fused-ring (bicyclic) bond motifs is 1. The van der Waals surface area contributed by atoms with Crippen LogP contribution in [0.5, 0.6) is 17.2 Å². The van der Waals surface area contributed by atoms with Gasteiger partial charge in [-0.2, -0.15) is 0 Å². The van der Waals surface area contributed by atoms with Gasteiger partial charge in [0.05, 0.1) is 11.3 Å². The van der Waals surface area contributed by atoms with Gasteiger partial charge < -0.3 is 14.2 Å². The van der Waals surface area contributed by atoms with E-state index in [-0.39, 0.29) is 29.4 Å². The molecule has 0 aromatic heterocycles. The van der Waals surface area contributed by atoms with Gasteiger partial charge in [0.1, 0.15) is 17.1 Å². The Bertz CT molecular complexity index is 1430. The van der Waals surface area contributed by atoms with E-state index in [1.165, 1.54) is 48.5 Å². The molecule has 5 rings (SSSR count). The largest absolute Gasteiger partial charge is 0.454 e. The molecule has 9 nitrogen and oxygen atoms in total. The topological polar surface area (TPSA) is 111 Å². The Morgan fingerprint density at radius 1 is 0.971 bits per heavy atom. The van der Waals surface area contributed by atoms with E-state index < -0.39 is 35.2 Å². The van der Waals surface area contributed by atoms with Crippen molar-refractivity contribution in [1.82, 2.24) is 5.32 Å².